The number of nitrogens with zero attached hydrogens (tertiary/aromatic N) is 1. The summed E-state index contributed by atoms with van der Waals surface area (Å²) in [4.78, 5) is 4.15. The molecule has 0 amide bonds. The van der Waals surface area contributed by atoms with Crippen molar-refractivity contribution in [3.63, 3.8) is 0 Å². The van der Waals surface area contributed by atoms with Gasteiger partial charge in [0.15, 0.2) is 0 Å². The molecule has 2 unspecified atom stereocenters. The highest BCUT2D eigenvalue weighted by Crippen LogP contribution is 2.31. The largest absolute Gasteiger partial charge is 0.495 e. The molecule has 0 saturated carbocycles. The van der Waals surface area contributed by atoms with E-state index in [9.17, 15) is 0 Å². The van der Waals surface area contributed by atoms with E-state index in [4.69, 9.17) is 15.2 Å². The van der Waals surface area contributed by atoms with E-state index in [1.165, 1.54) is 0 Å². The molecular weight excluding hydrogens is 252 g/mol. The van der Waals surface area contributed by atoms with Crippen LogP contribution in [0.5, 0.6) is 5.75 Å². The van der Waals surface area contributed by atoms with Crippen molar-refractivity contribution in [1.82, 2.24) is 4.98 Å². The van der Waals surface area contributed by atoms with Crippen LogP contribution in [0.15, 0.2) is 48.8 Å². The molecule has 4 nitrogen and oxygen atoms in total. The SMILES string of the molecule is CCOC(c1ccccc1)C(N)c1cncc(OC)c1. The number of hydrogen-bond donors (Lipinski definition) is 1. The Labute approximate surface area is 119 Å². The molecule has 1 aromatic carbocycles. The zero-order valence-electron chi connectivity index (χ0n) is 11.8. The summed E-state index contributed by atoms with van der Waals surface area (Å²) < 4.78 is 11.0. The van der Waals surface area contributed by atoms with Crippen LogP contribution in [-0.2, 0) is 4.74 Å². The predicted molar refractivity (Wildman–Crippen MR) is 78.5 cm³/mol. The van der Waals surface area contributed by atoms with Gasteiger partial charge in [-0.25, -0.2) is 0 Å². The minimum atomic E-state index is -0.292. The Kier molecular flexibility index (Phi) is 5.09. The summed E-state index contributed by atoms with van der Waals surface area (Å²) in [6, 6.07) is 11.6. The van der Waals surface area contributed by atoms with Crippen LogP contribution < -0.4 is 10.5 Å². The van der Waals surface area contributed by atoms with Crippen LogP contribution in [-0.4, -0.2) is 18.7 Å². The Balaban J connectivity index is 2.28. The van der Waals surface area contributed by atoms with Gasteiger partial charge in [0, 0.05) is 12.8 Å². The van der Waals surface area contributed by atoms with E-state index in [-0.39, 0.29) is 12.1 Å². The Morgan fingerprint density at radius 1 is 1.15 bits per heavy atom. The molecule has 0 bridgehead atoms. The van der Waals surface area contributed by atoms with Gasteiger partial charge in [0.1, 0.15) is 11.9 Å². The molecule has 1 aromatic heterocycles. The summed E-state index contributed by atoms with van der Waals surface area (Å²) in [5.74, 6) is 0.696. The summed E-state index contributed by atoms with van der Waals surface area (Å²) in [7, 11) is 1.61. The third kappa shape index (κ3) is 3.35. The van der Waals surface area contributed by atoms with E-state index < -0.39 is 0 Å². The zero-order valence-corrected chi connectivity index (χ0v) is 11.8. The van der Waals surface area contributed by atoms with Gasteiger partial charge in [0.2, 0.25) is 0 Å². The summed E-state index contributed by atoms with van der Waals surface area (Å²) in [5, 5.41) is 0. The topological polar surface area (TPSA) is 57.4 Å². The molecule has 20 heavy (non-hydrogen) atoms. The van der Waals surface area contributed by atoms with Crippen LogP contribution in [0, 0.1) is 0 Å². The molecule has 0 aliphatic carbocycles. The van der Waals surface area contributed by atoms with Gasteiger partial charge in [-0.05, 0) is 24.1 Å². The Morgan fingerprint density at radius 2 is 1.90 bits per heavy atom. The lowest BCUT2D eigenvalue weighted by molar-refractivity contribution is 0.0428. The Morgan fingerprint density at radius 3 is 2.55 bits per heavy atom. The van der Waals surface area contributed by atoms with Crippen LogP contribution in [0.3, 0.4) is 0 Å². The van der Waals surface area contributed by atoms with Crippen molar-refractivity contribution < 1.29 is 9.47 Å². The molecule has 106 valence electrons. The van der Waals surface area contributed by atoms with Crippen molar-refractivity contribution in [3.8, 4) is 5.75 Å². The van der Waals surface area contributed by atoms with E-state index >= 15 is 0 Å². The molecule has 2 rings (SSSR count). The van der Waals surface area contributed by atoms with Crippen molar-refractivity contribution >= 4 is 0 Å². The lowest BCUT2D eigenvalue weighted by Gasteiger charge is -2.24. The fraction of sp³-hybridized carbons (Fsp3) is 0.312. The van der Waals surface area contributed by atoms with Crippen LogP contribution >= 0.6 is 0 Å². The maximum absolute atomic E-state index is 6.36. The standard InChI is InChI=1S/C16H20N2O2/c1-3-20-16(12-7-5-4-6-8-12)15(17)13-9-14(19-2)11-18-10-13/h4-11,15-16H,3,17H2,1-2H3. The molecule has 2 N–H and O–H groups in total. The fourth-order valence-corrected chi connectivity index (χ4v) is 2.13. The normalized spacial score (nSPS) is 13.8. The smallest absolute Gasteiger partial charge is 0.137 e. The molecule has 2 aromatic rings. The third-order valence-corrected chi connectivity index (χ3v) is 3.16. The van der Waals surface area contributed by atoms with Gasteiger partial charge >= 0.3 is 0 Å². The molecule has 0 radical (unpaired) electrons. The van der Waals surface area contributed by atoms with E-state index in [0.717, 1.165) is 11.1 Å². The number of ether oxygens (including phenoxy) is 2. The summed E-state index contributed by atoms with van der Waals surface area (Å²) in [5.41, 5.74) is 8.32. The van der Waals surface area contributed by atoms with Crippen LogP contribution in [0.1, 0.15) is 30.2 Å². The third-order valence-electron chi connectivity index (χ3n) is 3.16. The number of methoxy groups -OCH3 is 1. The van der Waals surface area contributed by atoms with Gasteiger partial charge in [0.25, 0.3) is 0 Å². The zero-order chi connectivity index (χ0) is 14.4. The van der Waals surface area contributed by atoms with Crippen LogP contribution in [0.2, 0.25) is 0 Å². The maximum atomic E-state index is 6.36. The van der Waals surface area contributed by atoms with Gasteiger partial charge in [-0.2, -0.15) is 0 Å². The quantitative estimate of drug-likeness (QED) is 0.878. The second-order valence-electron chi connectivity index (χ2n) is 4.47. The molecule has 0 aliphatic heterocycles. The average molecular weight is 272 g/mol. The second-order valence-corrected chi connectivity index (χ2v) is 4.47. The van der Waals surface area contributed by atoms with E-state index in [0.29, 0.717) is 12.4 Å². The van der Waals surface area contributed by atoms with Crippen LogP contribution in [0.4, 0.5) is 0 Å². The van der Waals surface area contributed by atoms with Crippen molar-refractivity contribution in [2.24, 2.45) is 5.73 Å². The first-order valence-electron chi connectivity index (χ1n) is 6.67. The number of rotatable bonds is 6. The van der Waals surface area contributed by atoms with Gasteiger partial charge in [-0.3, -0.25) is 4.98 Å². The summed E-state index contributed by atoms with van der Waals surface area (Å²) in [6.07, 6.45) is 3.21. The highest BCUT2D eigenvalue weighted by molar-refractivity contribution is 5.29. The lowest BCUT2D eigenvalue weighted by atomic mass is 9.97. The number of hydrogen-bond acceptors (Lipinski definition) is 4. The molecular formula is C16H20N2O2. The van der Waals surface area contributed by atoms with E-state index in [2.05, 4.69) is 4.98 Å². The number of aromatic nitrogens is 1. The van der Waals surface area contributed by atoms with Crippen molar-refractivity contribution in [3.05, 3.63) is 59.9 Å². The summed E-state index contributed by atoms with van der Waals surface area (Å²) >= 11 is 0. The minimum Gasteiger partial charge on any atom is -0.495 e. The summed E-state index contributed by atoms with van der Waals surface area (Å²) in [6.45, 7) is 2.57. The first-order chi connectivity index (χ1) is 9.76. The molecule has 0 saturated heterocycles. The first kappa shape index (κ1) is 14.5. The van der Waals surface area contributed by atoms with Gasteiger partial charge in [-0.1, -0.05) is 30.3 Å². The average Bonchev–Trinajstić information content (AvgIpc) is 2.53. The molecule has 0 spiro atoms. The molecule has 2 atom stereocenters. The minimum absolute atomic E-state index is 0.199. The lowest BCUT2D eigenvalue weighted by Crippen LogP contribution is -2.22. The van der Waals surface area contributed by atoms with Gasteiger partial charge < -0.3 is 15.2 Å². The fourth-order valence-electron chi connectivity index (χ4n) is 2.13. The molecule has 4 heteroatoms. The number of nitrogens with two attached hydrogens (primary N) is 1. The van der Waals surface area contributed by atoms with Crippen molar-refractivity contribution in [1.29, 1.82) is 0 Å². The molecule has 0 fully saturated rings. The monoisotopic (exact) mass is 272 g/mol. The number of pyridine rings is 1. The number of benzene rings is 1. The van der Waals surface area contributed by atoms with Crippen LogP contribution in [0.25, 0.3) is 0 Å². The highest BCUT2D eigenvalue weighted by Gasteiger charge is 2.22. The first-order valence-corrected chi connectivity index (χ1v) is 6.67. The van der Waals surface area contributed by atoms with Crippen molar-refractivity contribution in [2.75, 3.05) is 13.7 Å². The predicted octanol–water partition coefficient (Wildman–Crippen LogP) is 2.87. The second kappa shape index (κ2) is 7.03. The Hall–Kier alpha value is -1.91. The highest BCUT2D eigenvalue weighted by atomic mass is 16.5. The van der Waals surface area contributed by atoms with Gasteiger partial charge in [-0.15, -0.1) is 0 Å². The molecule has 0 aliphatic rings. The van der Waals surface area contributed by atoms with E-state index in [1.807, 2.05) is 43.3 Å². The maximum Gasteiger partial charge on any atom is 0.137 e. The Bertz CT molecular complexity index is 531. The van der Waals surface area contributed by atoms with E-state index in [1.54, 1.807) is 19.5 Å². The van der Waals surface area contributed by atoms with Crippen molar-refractivity contribution in [2.45, 2.75) is 19.1 Å². The van der Waals surface area contributed by atoms with Gasteiger partial charge in [0.05, 0.1) is 19.3 Å². The molecule has 1 heterocycles.